The molecule has 0 aliphatic carbocycles. The molecule has 0 bridgehead atoms. The number of nitrogens with zero attached hydrogens (tertiary/aromatic N) is 3. The van der Waals surface area contributed by atoms with E-state index in [4.69, 9.17) is 4.74 Å². The minimum absolute atomic E-state index is 0.0814. The number of thioether (sulfide) groups is 1. The van der Waals surface area contributed by atoms with Gasteiger partial charge in [-0.3, -0.25) is 4.79 Å². The summed E-state index contributed by atoms with van der Waals surface area (Å²) in [5.74, 6) is 1.68. The lowest BCUT2D eigenvalue weighted by Crippen LogP contribution is -2.15. The lowest BCUT2D eigenvalue weighted by atomic mass is 10.1. The first-order chi connectivity index (χ1) is 15.2. The SMILES string of the molecule is CCn1c(SCC(=O)Nc2cccc3ccccc23)nnc1C(C)Oc1ccccc1. The highest BCUT2D eigenvalue weighted by Gasteiger charge is 2.19. The van der Waals surface area contributed by atoms with Crippen LogP contribution in [0.25, 0.3) is 10.8 Å². The highest BCUT2D eigenvalue weighted by Crippen LogP contribution is 2.26. The predicted molar refractivity (Wildman–Crippen MR) is 124 cm³/mol. The third-order valence-electron chi connectivity index (χ3n) is 4.88. The Kier molecular flexibility index (Phi) is 6.52. The normalized spacial score (nSPS) is 11.9. The van der Waals surface area contributed by atoms with Gasteiger partial charge in [0.05, 0.1) is 5.75 Å². The lowest BCUT2D eigenvalue weighted by Gasteiger charge is -2.15. The molecule has 1 amide bonds. The van der Waals surface area contributed by atoms with Gasteiger partial charge in [-0.1, -0.05) is 66.4 Å². The molecule has 4 aromatic rings. The van der Waals surface area contributed by atoms with Crippen LogP contribution in [-0.2, 0) is 11.3 Å². The molecule has 6 nitrogen and oxygen atoms in total. The molecule has 1 heterocycles. The Bertz CT molecular complexity index is 1170. The summed E-state index contributed by atoms with van der Waals surface area (Å²) in [5.41, 5.74) is 0.811. The standard InChI is InChI=1S/C24H24N4O2S/c1-3-28-23(17(2)30-19-12-5-4-6-13-19)26-27-24(28)31-16-22(29)25-21-15-9-11-18-10-7-8-14-20(18)21/h4-15,17H,3,16H2,1-2H3,(H,25,29). The molecule has 0 saturated heterocycles. The third kappa shape index (κ3) is 4.88. The first kappa shape index (κ1) is 20.9. The van der Waals surface area contributed by atoms with E-state index in [9.17, 15) is 4.79 Å². The van der Waals surface area contributed by atoms with Crippen molar-refractivity contribution in [1.82, 2.24) is 14.8 Å². The van der Waals surface area contributed by atoms with Crippen molar-refractivity contribution in [2.45, 2.75) is 31.7 Å². The molecule has 3 aromatic carbocycles. The molecule has 0 aliphatic rings. The Labute approximate surface area is 185 Å². The summed E-state index contributed by atoms with van der Waals surface area (Å²) in [6.45, 7) is 4.67. The molecular formula is C24H24N4O2S. The molecule has 0 saturated carbocycles. The van der Waals surface area contributed by atoms with Gasteiger partial charge in [0.15, 0.2) is 17.1 Å². The number of benzene rings is 3. The molecule has 4 rings (SSSR count). The van der Waals surface area contributed by atoms with Gasteiger partial charge >= 0.3 is 0 Å². The molecule has 1 aromatic heterocycles. The van der Waals surface area contributed by atoms with Crippen LogP contribution in [0.15, 0.2) is 78.0 Å². The van der Waals surface area contributed by atoms with E-state index >= 15 is 0 Å². The Hall–Kier alpha value is -3.32. The molecule has 0 spiro atoms. The van der Waals surface area contributed by atoms with Crippen molar-refractivity contribution in [3.8, 4) is 5.75 Å². The molecule has 0 radical (unpaired) electrons. The maximum atomic E-state index is 12.6. The van der Waals surface area contributed by atoms with E-state index in [0.717, 1.165) is 28.0 Å². The van der Waals surface area contributed by atoms with Crippen molar-refractivity contribution in [3.63, 3.8) is 0 Å². The molecule has 1 atom stereocenters. The summed E-state index contributed by atoms with van der Waals surface area (Å²) < 4.78 is 7.98. The zero-order valence-electron chi connectivity index (χ0n) is 17.5. The number of para-hydroxylation sites is 1. The minimum Gasteiger partial charge on any atom is -0.483 e. The second kappa shape index (κ2) is 9.66. The molecule has 1 unspecified atom stereocenters. The van der Waals surface area contributed by atoms with Crippen molar-refractivity contribution in [2.75, 3.05) is 11.1 Å². The molecule has 158 valence electrons. The van der Waals surface area contributed by atoms with Gasteiger partial charge in [-0.25, -0.2) is 0 Å². The van der Waals surface area contributed by atoms with Crippen LogP contribution in [0.4, 0.5) is 5.69 Å². The number of amides is 1. The highest BCUT2D eigenvalue weighted by molar-refractivity contribution is 7.99. The molecule has 0 fully saturated rings. The Morgan fingerprint density at radius 3 is 2.58 bits per heavy atom. The summed E-state index contributed by atoms with van der Waals surface area (Å²) in [6.07, 6.45) is -0.256. The Morgan fingerprint density at radius 2 is 1.77 bits per heavy atom. The highest BCUT2D eigenvalue weighted by atomic mass is 32.2. The van der Waals surface area contributed by atoms with Crippen LogP contribution in [-0.4, -0.2) is 26.4 Å². The van der Waals surface area contributed by atoms with Crippen LogP contribution < -0.4 is 10.1 Å². The number of carbonyl (C=O) groups is 1. The summed E-state index contributed by atoms with van der Waals surface area (Å²) >= 11 is 1.37. The molecular weight excluding hydrogens is 408 g/mol. The van der Waals surface area contributed by atoms with Crippen molar-refractivity contribution in [2.24, 2.45) is 0 Å². The number of hydrogen-bond acceptors (Lipinski definition) is 5. The fourth-order valence-electron chi connectivity index (χ4n) is 3.41. The Morgan fingerprint density at radius 1 is 1.03 bits per heavy atom. The van der Waals surface area contributed by atoms with E-state index in [-0.39, 0.29) is 17.8 Å². The maximum absolute atomic E-state index is 12.6. The van der Waals surface area contributed by atoms with Crippen molar-refractivity contribution in [1.29, 1.82) is 0 Å². The van der Waals surface area contributed by atoms with Crippen molar-refractivity contribution in [3.05, 3.63) is 78.6 Å². The molecule has 1 N–H and O–H groups in total. The fraction of sp³-hybridized carbons (Fsp3) is 0.208. The summed E-state index contributed by atoms with van der Waals surface area (Å²) in [5, 5.41) is 14.4. The number of hydrogen-bond donors (Lipinski definition) is 1. The predicted octanol–water partition coefficient (Wildman–Crippen LogP) is 5.32. The third-order valence-corrected chi connectivity index (χ3v) is 5.84. The van der Waals surface area contributed by atoms with E-state index < -0.39 is 0 Å². The van der Waals surface area contributed by atoms with Crippen LogP contribution in [0.1, 0.15) is 25.8 Å². The second-order valence-corrected chi connectivity index (χ2v) is 7.96. The van der Waals surface area contributed by atoms with Crippen LogP contribution in [0, 0.1) is 0 Å². The van der Waals surface area contributed by atoms with Gasteiger partial charge in [0.25, 0.3) is 0 Å². The average molecular weight is 433 g/mol. The number of aromatic nitrogens is 3. The van der Waals surface area contributed by atoms with Crippen LogP contribution >= 0.6 is 11.8 Å². The summed E-state index contributed by atoms with van der Waals surface area (Å²) in [4.78, 5) is 12.6. The monoisotopic (exact) mass is 432 g/mol. The topological polar surface area (TPSA) is 69.0 Å². The number of ether oxygens (including phenoxy) is 1. The molecule has 7 heteroatoms. The number of fused-ring (bicyclic) bond motifs is 1. The number of rotatable bonds is 8. The van der Waals surface area contributed by atoms with E-state index in [1.165, 1.54) is 11.8 Å². The summed E-state index contributed by atoms with van der Waals surface area (Å²) in [7, 11) is 0. The molecule has 31 heavy (non-hydrogen) atoms. The lowest BCUT2D eigenvalue weighted by molar-refractivity contribution is -0.113. The number of anilines is 1. The second-order valence-electron chi connectivity index (χ2n) is 7.02. The van der Waals surface area contributed by atoms with Gasteiger partial charge in [0, 0.05) is 17.6 Å². The van der Waals surface area contributed by atoms with Gasteiger partial charge in [0.2, 0.25) is 5.91 Å². The zero-order chi connectivity index (χ0) is 21.6. The fourth-order valence-corrected chi connectivity index (χ4v) is 4.22. The van der Waals surface area contributed by atoms with Gasteiger partial charge in [-0.15, -0.1) is 10.2 Å². The van der Waals surface area contributed by atoms with Crippen molar-refractivity contribution < 1.29 is 9.53 Å². The first-order valence-electron chi connectivity index (χ1n) is 10.2. The van der Waals surface area contributed by atoms with Gasteiger partial charge in [-0.2, -0.15) is 0 Å². The average Bonchev–Trinajstić information content (AvgIpc) is 3.22. The maximum Gasteiger partial charge on any atom is 0.234 e. The van der Waals surface area contributed by atoms with Crippen LogP contribution in [0.5, 0.6) is 5.75 Å². The molecule has 0 aliphatic heterocycles. The van der Waals surface area contributed by atoms with Gasteiger partial charge in [0.1, 0.15) is 5.75 Å². The first-order valence-corrected chi connectivity index (χ1v) is 11.2. The van der Waals surface area contributed by atoms with E-state index in [1.807, 2.05) is 91.2 Å². The smallest absolute Gasteiger partial charge is 0.234 e. The van der Waals surface area contributed by atoms with E-state index in [1.54, 1.807) is 0 Å². The zero-order valence-corrected chi connectivity index (χ0v) is 18.3. The van der Waals surface area contributed by atoms with Crippen LogP contribution in [0.2, 0.25) is 0 Å². The van der Waals surface area contributed by atoms with E-state index in [0.29, 0.717) is 11.7 Å². The van der Waals surface area contributed by atoms with Crippen molar-refractivity contribution >= 4 is 34.1 Å². The van der Waals surface area contributed by atoms with Gasteiger partial charge < -0.3 is 14.6 Å². The minimum atomic E-state index is -0.256. The van der Waals surface area contributed by atoms with Gasteiger partial charge in [-0.05, 0) is 37.4 Å². The number of carbonyl (C=O) groups excluding carboxylic acids is 1. The van der Waals surface area contributed by atoms with Crippen LogP contribution in [0.3, 0.4) is 0 Å². The number of nitrogens with one attached hydrogen (secondary N) is 1. The quantitative estimate of drug-likeness (QED) is 0.382. The summed E-state index contributed by atoms with van der Waals surface area (Å²) in [6, 6.07) is 23.5. The van der Waals surface area contributed by atoms with E-state index in [2.05, 4.69) is 15.5 Å². The Balaban J connectivity index is 1.42. The largest absolute Gasteiger partial charge is 0.483 e.